The van der Waals surface area contributed by atoms with Crippen LogP contribution in [0.4, 0.5) is 5.69 Å². The molecule has 4 rings (SSSR count). The number of likely N-dealkylation sites (tertiary alicyclic amines) is 1. The number of amides is 2. The van der Waals surface area contributed by atoms with Crippen LogP contribution in [0, 0.1) is 0 Å². The first-order valence-electron chi connectivity index (χ1n) is 9.29. The van der Waals surface area contributed by atoms with Gasteiger partial charge in [0.25, 0.3) is 5.91 Å². The van der Waals surface area contributed by atoms with E-state index >= 15 is 0 Å². The Kier molecular flexibility index (Phi) is 5.07. The second-order valence-corrected chi connectivity index (χ2v) is 8.41. The Hall–Kier alpha value is -2.47. The highest BCUT2D eigenvalue weighted by molar-refractivity contribution is 7.86. The summed E-state index contributed by atoms with van der Waals surface area (Å²) in [6.07, 6.45) is 3.21. The third kappa shape index (κ3) is 3.67. The van der Waals surface area contributed by atoms with E-state index in [0.29, 0.717) is 22.7 Å². The Morgan fingerprint density at radius 3 is 2.48 bits per heavy atom. The molecule has 2 aliphatic rings. The third-order valence-electron chi connectivity index (χ3n) is 5.12. The summed E-state index contributed by atoms with van der Waals surface area (Å²) in [4.78, 5) is 29.6. The summed E-state index contributed by atoms with van der Waals surface area (Å²) >= 11 is 0. The molecule has 2 aromatic carbocycles. The molecule has 2 aliphatic heterocycles. The largest absolute Gasteiger partial charge is 0.339 e. The average molecular weight is 382 g/mol. The molecule has 1 fully saturated rings. The number of rotatable bonds is 3. The van der Waals surface area contributed by atoms with Crippen LogP contribution >= 0.6 is 0 Å². The molecule has 0 aromatic heterocycles. The van der Waals surface area contributed by atoms with Crippen molar-refractivity contribution in [2.45, 2.75) is 30.7 Å². The highest BCUT2D eigenvalue weighted by Gasteiger charge is 2.30. The molecule has 27 heavy (non-hydrogen) atoms. The van der Waals surface area contributed by atoms with Crippen molar-refractivity contribution in [3.05, 3.63) is 59.7 Å². The molecule has 2 heterocycles. The third-order valence-corrected chi connectivity index (χ3v) is 6.47. The van der Waals surface area contributed by atoms with Crippen molar-refractivity contribution in [1.29, 1.82) is 0 Å². The van der Waals surface area contributed by atoms with Crippen LogP contribution in [-0.4, -0.2) is 39.8 Å². The molecule has 5 nitrogen and oxygen atoms in total. The molecule has 1 saturated heterocycles. The number of piperidine rings is 1. The normalized spacial score (nSPS) is 19.7. The van der Waals surface area contributed by atoms with E-state index in [0.717, 1.165) is 37.9 Å². The van der Waals surface area contributed by atoms with E-state index in [-0.39, 0.29) is 17.6 Å². The van der Waals surface area contributed by atoms with Crippen LogP contribution in [0.3, 0.4) is 0 Å². The monoisotopic (exact) mass is 382 g/mol. The predicted octanol–water partition coefficient (Wildman–Crippen LogP) is 2.97. The lowest BCUT2D eigenvalue weighted by molar-refractivity contribution is -0.116. The van der Waals surface area contributed by atoms with E-state index in [4.69, 9.17) is 0 Å². The molecule has 2 amide bonds. The van der Waals surface area contributed by atoms with Gasteiger partial charge in [0, 0.05) is 18.7 Å². The first-order valence-corrected chi connectivity index (χ1v) is 10.6. The van der Waals surface area contributed by atoms with Crippen molar-refractivity contribution in [1.82, 2.24) is 4.90 Å². The molecular formula is C21H22N2O3S. The van der Waals surface area contributed by atoms with Gasteiger partial charge in [0.2, 0.25) is 5.91 Å². The van der Waals surface area contributed by atoms with Gasteiger partial charge < -0.3 is 9.80 Å². The van der Waals surface area contributed by atoms with E-state index in [1.807, 2.05) is 35.2 Å². The maximum atomic E-state index is 12.9. The summed E-state index contributed by atoms with van der Waals surface area (Å²) in [7, 11) is -1.37. The molecule has 2 aromatic rings. The number of hydrogen-bond acceptors (Lipinski definition) is 3. The SMILES string of the molecule is O=C(c1ccc2c(c1)N(Cc1ccccc1)C(=O)C[S@@]2=O)N1CCCCC1. The van der Waals surface area contributed by atoms with Gasteiger partial charge in [-0.1, -0.05) is 30.3 Å². The van der Waals surface area contributed by atoms with Gasteiger partial charge in [-0.2, -0.15) is 0 Å². The number of fused-ring (bicyclic) bond motifs is 1. The lowest BCUT2D eigenvalue weighted by Crippen LogP contribution is -2.39. The standard InChI is InChI=1S/C21H22N2O3S/c24-20-15-27(26)19-10-9-17(21(25)22-11-5-2-6-12-22)13-18(19)23(20)14-16-7-3-1-4-8-16/h1,3-4,7-10,13H,2,5-6,11-12,14-15H2/t27-/m0/s1. The van der Waals surface area contributed by atoms with E-state index in [1.165, 1.54) is 0 Å². The second kappa shape index (κ2) is 7.64. The van der Waals surface area contributed by atoms with Crippen molar-refractivity contribution < 1.29 is 13.8 Å². The summed E-state index contributed by atoms with van der Waals surface area (Å²) in [5.41, 5.74) is 2.15. The zero-order chi connectivity index (χ0) is 18.8. The molecule has 0 spiro atoms. The minimum Gasteiger partial charge on any atom is -0.339 e. The molecule has 0 bridgehead atoms. The number of nitrogens with zero attached hydrogens (tertiary/aromatic N) is 2. The summed E-state index contributed by atoms with van der Waals surface area (Å²) in [5.74, 6) is -0.201. The fraction of sp³-hybridized carbons (Fsp3) is 0.333. The Labute approximate surface area is 161 Å². The number of carbonyl (C=O) groups is 2. The number of carbonyl (C=O) groups excluding carboxylic acids is 2. The minimum absolute atomic E-state index is 0.0130. The Balaban J connectivity index is 1.68. The van der Waals surface area contributed by atoms with Gasteiger partial charge in [-0.25, -0.2) is 0 Å². The van der Waals surface area contributed by atoms with E-state index in [1.54, 1.807) is 23.1 Å². The van der Waals surface area contributed by atoms with E-state index < -0.39 is 10.8 Å². The first-order chi connectivity index (χ1) is 13.1. The lowest BCUT2D eigenvalue weighted by atomic mass is 10.1. The zero-order valence-corrected chi connectivity index (χ0v) is 15.9. The van der Waals surface area contributed by atoms with E-state index in [2.05, 4.69) is 0 Å². The van der Waals surface area contributed by atoms with Crippen LogP contribution in [0.25, 0.3) is 0 Å². The topological polar surface area (TPSA) is 57.7 Å². The molecule has 6 heteroatoms. The summed E-state index contributed by atoms with van der Waals surface area (Å²) < 4.78 is 12.4. The molecule has 0 saturated carbocycles. The van der Waals surface area contributed by atoms with Crippen molar-refractivity contribution in [3.63, 3.8) is 0 Å². The van der Waals surface area contributed by atoms with Crippen molar-refractivity contribution >= 4 is 28.3 Å². The van der Waals surface area contributed by atoms with Gasteiger partial charge in [-0.05, 0) is 43.0 Å². The van der Waals surface area contributed by atoms with Crippen molar-refractivity contribution in [2.24, 2.45) is 0 Å². The fourth-order valence-electron chi connectivity index (χ4n) is 3.67. The average Bonchev–Trinajstić information content (AvgIpc) is 2.71. The quantitative estimate of drug-likeness (QED) is 0.820. The van der Waals surface area contributed by atoms with Crippen molar-refractivity contribution in [3.8, 4) is 0 Å². The van der Waals surface area contributed by atoms with Crippen LogP contribution in [0.15, 0.2) is 53.4 Å². The minimum atomic E-state index is -1.37. The first kappa shape index (κ1) is 17.9. The molecule has 1 atom stereocenters. The lowest BCUT2D eigenvalue weighted by Gasteiger charge is -2.30. The van der Waals surface area contributed by atoms with Gasteiger partial charge >= 0.3 is 0 Å². The van der Waals surface area contributed by atoms with Crippen LogP contribution < -0.4 is 4.90 Å². The number of anilines is 1. The smallest absolute Gasteiger partial charge is 0.253 e. The summed E-state index contributed by atoms with van der Waals surface area (Å²) in [6.45, 7) is 1.95. The van der Waals surface area contributed by atoms with Crippen LogP contribution in [0.1, 0.15) is 35.2 Å². The molecule has 0 unspecified atom stereocenters. The maximum absolute atomic E-state index is 12.9. The maximum Gasteiger partial charge on any atom is 0.253 e. The van der Waals surface area contributed by atoms with Gasteiger partial charge in [0.05, 0.1) is 27.9 Å². The Morgan fingerprint density at radius 1 is 1.00 bits per heavy atom. The zero-order valence-electron chi connectivity index (χ0n) is 15.1. The summed E-state index contributed by atoms with van der Waals surface area (Å²) in [6, 6.07) is 14.9. The van der Waals surface area contributed by atoms with E-state index in [9.17, 15) is 13.8 Å². The number of benzene rings is 2. The Morgan fingerprint density at radius 2 is 1.74 bits per heavy atom. The summed E-state index contributed by atoms with van der Waals surface area (Å²) in [5, 5.41) is 0. The van der Waals surface area contributed by atoms with Crippen LogP contribution in [-0.2, 0) is 22.1 Å². The molecule has 0 N–H and O–H groups in total. The second-order valence-electron chi connectivity index (χ2n) is 6.99. The van der Waals surface area contributed by atoms with Gasteiger partial charge in [-0.3, -0.25) is 13.8 Å². The van der Waals surface area contributed by atoms with Crippen LogP contribution in [0.2, 0.25) is 0 Å². The highest BCUT2D eigenvalue weighted by Crippen LogP contribution is 2.32. The van der Waals surface area contributed by atoms with Crippen molar-refractivity contribution in [2.75, 3.05) is 23.7 Å². The highest BCUT2D eigenvalue weighted by atomic mass is 32.2. The molecule has 0 radical (unpaired) electrons. The molecular weight excluding hydrogens is 360 g/mol. The van der Waals surface area contributed by atoms with Crippen LogP contribution in [0.5, 0.6) is 0 Å². The number of hydrogen-bond donors (Lipinski definition) is 0. The predicted molar refractivity (Wildman–Crippen MR) is 105 cm³/mol. The fourth-order valence-corrected chi connectivity index (χ4v) is 4.83. The molecule has 0 aliphatic carbocycles. The van der Waals surface area contributed by atoms with Gasteiger partial charge in [0.15, 0.2) is 0 Å². The molecule has 140 valence electrons. The Bertz CT molecular complexity index is 892. The van der Waals surface area contributed by atoms with Gasteiger partial charge in [0.1, 0.15) is 5.75 Å². The van der Waals surface area contributed by atoms with Gasteiger partial charge in [-0.15, -0.1) is 0 Å².